The summed E-state index contributed by atoms with van der Waals surface area (Å²) in [5.41, 5.74) is 1.32. The molecule has 118 valence electrons. The first-order valence-corrected chi connectivity index (χ1v) is 7.91. The van der Waals surface area contributed by atoms with Gasteiger partial charge in [0.1, 0.15) is 18.0 Å². The molecule has 0 amide bonds. The highest BCUT2D eigenvalue weighted by Gasteiger charge is 2.29. The molecular formula is C14H16N2O5S. The van der Waals surface area contributed by atoms with Crippen molar-refractivity contribution in [3.05, 3.63) is 36.4 Å². The molecule has 1 N–H and O–H groups in total. The molecule has 0 saturated heterocycles. The predicted molar refractivity (Wildman–Crippen MR) is 78.7 cm³/mol. The smallest absolute Gasteiger partial charge is 0.321 e. The third kappa shape index (κ3) is 3.02. The maximum Gasteiger partial charge on any atom is 0.321 e. The lowest BCUT2D eigenvalue weighted by Gasteiger charge is -2.21. The summed E-state index contributed by atoms with van der Waals surface area (Å²) in [6, 6.07) is 4.88. The van der Waals surface area contributed by atoms with E-state index < -0.39 is 22.0 Å². The lowest BCUT2D eigenvalue weighted by molar-refractivity contribution is -0.140. The van der Waals surface area contributed by atoms with E-state index in [9.17, 15) is 13.2 Å². The van der Waals surface area contributed by atoms with E-state index in [0.29, 0.717) is 17.1 Å². The second kappa shape index (κ2) is 5.90. The molecule has 2 aromatic rings. The summed E-state index contributed by atoms with van der Waals surface area (Å²) < 4.78 is 30.7. The Hall–Kier alpha value is -2.19. The molecule has 0 radical (unpaired) electrons. The monoisotopic (exact) mass is 324 g/mol. The van der Waals surface area contributed by atoms with Gasteiger partial charge in [0, 0.05) is 19.5 Å². The second-order valence-electron chi connectivity index (χ2n) is 4.81. The van der Waals surface area contributed by atoms with Gasteiger partial charge in [-0.25, -0.2) is 13.4 Å². The standard InChI is InChI=1S/C14H16N2O5S/c1-9(14(17)18)16(3)22(19,20)12-6-4-11(5-7-12)13-8-21-10(2)15-13/h4-9H,1-3H3,(H,17,18)/t9-/m0/s1. The highest BCUT2D eigenvalue weighted by atomic mass is 32.2. The number of carboxylic acid groups (broad SMARTS) is 1. The van der Waals surface area contributed by atoms with E-state index >= 15 is 0 Å². The number of oxazole rings is 1. The van der Waals surface area contributed by atoms with Crippen molar-refractivity contribution in [2.45, 2.75) is 24.8 Å². The summed E-state index contributed by atoms with van der Waals surface area (Å²) in [5, 5.41) is 8.93. The van der Waals surface area contributed by atoms with Crippen LogP contribution < -0.4 is 0 Å². The summed E-state index contributed by atoms with van der Waals surface area (Å²) in [6.45, 7) is 3.02. The molecule has 0 bridgehead atoms. The number of benzene rings is 1. The average molecular weight is 324 g/mol. The molecule has 0 aliphatic rings. The number of nitrogens with zero attached hydrogens (tertiary/aromatic N) is 2. The van der Waals surface area contributed by atoms with Gasteiger partial charge in [-0.05, 0) is 19.1 Å². The fraction of sp³-hybridized carbons (Fsp3) is 0.286. The minimum Gasteiger partial charge on any atom is -0.480 e. The van der Waals surface area contributed by atoms with Crippen LogP contribution in [0, 0.1) is 6.92 Å². The van der Waals surface area contributed by atoms with Gasteiger partial charge in [-0.3, -0.25) is 4.79 Å². The van der Waals surface area contributed by atoms with Crippen LogP contribution in [0.5, 0.6) is 0 Å². The zero-order chi connectivity index (χ0) is 16.5. The number of aryl methyl sites for hydroxylation is 1. The Morgan fingerprint density at radius 3 is 2.36 bits per heavy atom. The summed E-state index contributed by atoms with van der Waals surface area (Å²) in [7, 11) is -2.63. The topological polar surface area (TPSA) is 101 Å². The molecular weight excluding hydrogens is 308 g/mol. The Morgan fingerprint density at radius 1 is 1.32 bits per heavy atom. The van der Waals surface area contributed by atoms with Crippen molar-refractivity contribution in [3.8, 4) is 11.3 Å². The molecule has 2 rings (SSSR count). The van der Waals surface area contributed by atoms with Crippen LogP contribution in [0.1, 0.15) is 12.8 Å². The molecule has 0 aliphatic heterocycles. The maximum atomic E-state index is 12.4. The number of aliphatic carboxylic acids is 1. The van der Waals surface area contributed by atoms with Crippen LogP contribution in [0.4, 0.5) is 0 Å². The molecule has 1 heterocycles. The zero-order valence-corrected chi connectivity index (χ0v) is 13.2. The van der Waals surface area contributed by atoms with E-state index in [1.165, 1.54) is 32.4 Å². The first-order valence-electron chi connectivity index (χ1n) is 6.47. The van der Waals surface area contributed by atoms with Crippen molar-refractivity contribution in [1.82, 2.24) is 9.29 Å². The highest BCUT2D eigenvalue weighted by molar-refractivity contribution is 7.89. The molecule has 0 spiro atoms. The molecule has 0 saturated carbocycles. The van der Waals surface area contributed by atoms with Crippen molar-refractivity contribution in [3.63, 3.8) is 0 Å². The Kier molecular flexibility index (Phi) is 4.34. The van der Waals surface area contributed by atoms with Crippen molar-refractivity contribution in [2.24, 2.45) is 0 Å². The number of sulfonamides is 1. The summed E-state index contributed by atoms with van der Waals surface area (Å²) in [4.78, 5) is 15.1. The highest BCUT2D eigenvalue weighted by Crippen LogP contribution is 2.22. The Morgan fingerprint density at radius 2 is 1.91 bits per heavy atom. The van der Waals surface area contributed by atoms with Crippen LogP contribution in [0.25, 0.3) is 11.3 Å². The molecule has 1 atom stereocenters. The van der Waals surface area contributed by atoms with E-state index in [0.717, 1.165) is 4.31 Å². The molecule has 8 heteroatoms. The van der Waals surface area contributed by atoms with Crippen molar-refractivity contribution in [2.75, 3.05) is 7.05 Å². The third-order valence-electron chi connectivity index (χ3n) is 3.35. The van der Waals surface area contributed by atoms with Gasteiger partial charge < -0.3 is 9.52 Å². The quantitative estimate of drug-likeness (QED) is 0.899. The number of carboxylic acids is 1. The lowest BCUT2D eigenvalue weighted by atomic mass is 10.2. The van der Waals surface area contributed by atoms with Gasteiger partial charge in [0.05, 0.1) is 4.90 Å². The van der Waals surface area contributed by atoms with Crippen LogP contribution in [0.3, 0.4) is 0 Å². The number of carbonyl (C=O) groups is 1. The number of hydrogen-bond acceptors (Lipinski definition) is 5. The van der Waals surface area contributed by atoms with Crippen LogP contribution in [0.2, 0.25) is 0 Å². The first kappa shape index (κ1) is 16.2. The second-order valence-corrected chi connectivity index (χ2v) is 6.81. The summed E-state index contributed by atoms with van der Waals surface area (Å²) in [6.07, 6.45) is 1.48. The number of aromatic nitrogens is 1. The molecule has 1 aromatic heterocycles. The van der Waals surface area contributed by atoms with Crippen LogP contribution in [0.15, 0.2) is 39.8 Å². The molecule has 0 unspecified atom stereocenters. The lowest BCUT2D eigenvalue weighted by Crippen LogP contribution is -2.40. The number of rotatable bonds is 5. The van der Waals surface area contributed by atoms with Crippen LogP contribution in [-0.2, 0) is 14.8 Å². The third-order valence-corrected chi connectivity index (χ3v) is 5.29. The van der Waals surface area contributed by atoms with E-state index in [1.54, 1.807) is 19.1 Å². The largest absolute Gasteiger partial charge is 0.480 e. The van der Waals surface area contributed by atoms with E-state index in [4.69, 9.17) is 9.52 Å². The number of likely N-dealkylation sites (N-methyl/N-ethyl adjacent to an activating group) is 1. The number of hydrogen-bond donors (Lipinski definition) is 1. The minimum absolute atomic E-state index is 0.0204. The van der Waals surface area contributed by atoms with E-state index in [2.05, 4.69) is 4.98 Å². The van der Waals surface area contributed by atoms with Crippen LogP contribution >= 0.6 is 0 Å². The molecule has 7 nitrogen and oxygen atoms in total. The SMILES string of the molecule is Cc1nc(-c2ccc(S(=O)(=O)N(C)[C@@H](C)C(=O)O)cc2)co1. The predicted octanol–water partition coefficient (Wildman–Crippen LogP) is 1.74. The van der Waals surface area contributed by atoms with E-state index in [1.807, 2.05) is 0 Å². The van der Waals surface area contributed by atoms with Gasteiger partial charge in [-0.2, -0.15) is 4.31 Å². The van der Waals surface area contributed by atoms with Crippen molar-refractivity contribution < 1.29 is 22.7 Å². The minimum atomic E-state index is -3.87. The van der Waals surface area contributed by atoms with Crippen molar-refractivity contribution >= 4 is 16.0 Å². The van der Waals surface area contributed by atoms with Crippen molar-refractivity contribution in [1.29, 1.82) is 0 Å². The zero-order valence-electron chi connectivity index (χ0n) is 12.3. The fourth-order valence-electron chi connectivity index (χ4n) is 1.82. The first-order chi connectivity index (χ1) is 10.2. The van der Waals surface area contributed by atoms with Gasteiger partial charge in [-0.1, -0.05) is 12.1 Å². The van der Waals surface area contributed by atoms with Gasteiger partial charge in [0.25, 0.3) is 0 Å². The molecule has 0 fully saturated rings. The van der Waals surface area contributed by atoms with Gasteiger partial charge in [0.15, 0.2) is 5.89 Å². The molecule has 0 aliphatic carbocycles. The molecule has 22 heavy (non-hydrogen) atoms. The Labute approximate surface area is 128 Å². The van der Waals surface area contributed by atoms with Gasteiger partial charge in [0.2, 0.25) is 10.0 Å². The molecule has 1 aromatic carbocycles. The fourth-order valence-corrected chi connectivity index (χ4v) is 3.14. The van der Waals surface area contributed by atoms with E-state index in [-0.39, 0.29) is 4.90 Å². The normalized spacial score (nSPS) is 13.3. The maximum absolute atomic E-state index is 12.4. The van der Waals surface area contributed by atoms with Crippen LogP contribution in [-0.4, -0.2) is 41.9 Å². The van der Waals surface area contributed by atoms with Gasteiger partial charge >= 0.3 is 5.97 Å². The summed E-state index contributed by atoms with van der Waals surface area (Å²) in [5.74, 6) is -0.692. The van der Waals surface area contributed by atoms with Gasteiger partial charge in [-0.15, -0.1) is 0 Å². The Bertz CT molecular complexity index is 780. The summed E-state index contributed by atoms with van der Waals surface area (Å²) >= 11 is 0. The average Bonchev–Trinajstić information content (AvgIpc) is 2.92. The Balaban J connectivity index is 2.31.